The molecule has 0 radical (unpaired) electrons. The number of rotatable bonds is 3. The van der Waals surface area contributed by atoms with Crippen molar-refractivity contribution in [1.29, 1.82) is 0 Å². The van der Waals surface area contributed by atoms with Gasteiger partial charge in [-0.25, -0.2) is 9.97 Å². The predicted molar refractivity (Wildman–Crippen MR) is 80.9 cm³/mol. The maximum Gasteiger partial charge on any atom is 0.138 e. The maximum absolute atomic E-state index is 6.12. The van der Waals surface area contributed by atoms with Gasteiger partial charge in [-0.2, -0.15) is 0 Å². The summed E-state index contributed by atoms with van der Waals surface area (Å²) in [5.41, 5.74) is 1.51. The second-order valence-corrected chi connectivity index (χ2v) is 5.21. The number of nitrogens with zero attached hydrogens (tertiary/aromatic N) is 2. The van der Waals surface area contributed by atoms with E-state index in [9.17, 15) is 0 Å². The molecule has 0 aliphatic carbocycles. The van der Waals surface area contributed by atoms with Crippen LogP contribution in [0.15, 0.2) is 18.2 Å². The van der Waals surface area contributed by atoms with Crippen LogP contribution in [-0.4, -0.2) is 9.97 Å². The molecule has 0 fully saturated rings. The highest BCUT2D eigenvalue weighted by molar-refractivity contribution is 6.36. The lowest BCUT2D eigenvalue weighted by molar-refractivity contribution is 0.934. The van der Waals surface area contributed by atoms with E-state index in [2.05, 4.69) is 15.3 Å². The van der Waals surface area contributed by atoms with Gasteiger partial charge in [-0.05, 0) is 25.1 Å². The van der Waals surface area contributed by atoms with Crippen molar-refractivity contribution in [3.63, 3.8) is 0 Å². The van der Waals surface area contributed by atoms with Crippen molar-refractivity contribution >= 4 is 46.3 Å². The summed E-state index contributed by atoms with van der Waals surface area (Å²) in [7, 11) is 0. The molecule has 1 aromatic heterocycles. The van der Waals surface area contributed by atoms with Gasteiger partial charge in [0.05, 0.1) is 10.7 Å². The molecule has 0 spiro atoms. The van der Waals surface area contributed by atoms with E-state index in [1.165, 1.54) is 0 Å². The minimum atomic E-state index is 0.444. The van der Waals surface area contributed by atoms with Gasteiger partial charge in [0, 0.05) is 17.0 Å². The first-order valence-corrected chi connectivity index (χ1v) is 6.89. The summed E-state index contributed by atoms with van der Waals surface area (Å²) >= 11 is 18.1. The topological polar surface area (TPSA) is 37.8 Å². The fourth-order valence-electron chi connectivity index (χ4n) is 1.53. The van der Waals surface area contributed by atoms with Crippen LogP contribution < -0.4 is 5.32 Å². The molecule has 1 heterocycles. The van der Waals surface area contributed by atoms with Crippen LogP contribution in [0, 0.1) is 6.92 Å². The van der Waals surface area contributed by atoms with Crippen LogP contribution in [-0.2, 0) is 6.42 Å². The summed E-state index contributed by atoms with van der Waals surface area (Å²) in [6, 6.07) is 5.23. The lowest BCUT2D eigenvalue weighted by atomic mass is 10.3. The number of anilines is 2. The molecule has 0 aliphatic rings. The van der Waals surface area contributed by atoms with E-state index in [1.54, 1.807) is 18.2 Å². The van der Waals surface area contributed by atoms with Gasteiger partial charge in [0.15, 0.2) is 0 Å². The Labute approximate surface area is 126 Å². The SMILES string of the molecule is CCc1nc(Cl)c(C)c(Nc2ccc(Cl)cc2Cl)n1. The van der Waals surface area contributed by atoms with Crippen molar-refractivity contribution in [1.82, 2.24) is 9.97 Å². The molecular formula is C13H12Cl3N3. The van der Waals surface area contributed by atoms with E-state index < -0.39 is 0 Å². The zero-order valence-electron chi connectivity index (χ0n) is 10.5. The van der Waals surface area contributed by atoms with E-state index in [1.807, 2.05) is 13.8 Å². The van der Waals surface area contributed by atoms with Gasteiger partial charge in [0.1, 0.15) is 16.8 Å². The molecule has 0 amide bonds. The van der Waals surface area contributed by atoms with E-state index >= 15 is 0 Å². The number of hydrogen-bond donors (Lipinski definition) is 1. The Hall–Kier alpha value is -1.03. The summed E-state index contributed by atoms with van der Waals surface area (Å²) in [6.07, 6.45) is 0.711. The zero-order valence-corrected chi connectivity index (χ0v) is 12.7. The number of aromatic nitrogens is 2. The Kier molecular flexibility index (Phi) is 4.50. The molecule has 0 atom stereocenters. The molecule has 0 bridgehead atoms. The van der Waals surface area contributed by atoms with Crippen LogP contribution in [0.3, 0.4) is 0 Å². The first-order valence-electron chi connectivity index (χ1n) is 5.76. The van der Waals surface area contributed by atoms with Crippen LogP contribution in [0.5, 0.6) is 0 Å². The number of nitrogens with one attached hydrogen (secondary N) is 1. The summed E-state index contributed by atoms with van der Waals surface area (Å²) in [4.78, 5) is 8.60. The Morgan fingerprint density at radius 1 is 1.16 bits per heavy atom. The normalized spacial score (nSPS) is 10.6. The lowest BCUT2D eigenvalue weighted by Crippen LogP contribution is -2.03. The molecule has 6 heteroatoms. The highest BCUT2D eigenvalue weighted by Gasteiger charge is 2.10. The monoisotopic (exact) mass is 315 g/mol. The molecule has 0 saturated carbocycles. The summed E-state index contributed by atoms with van der Waals surface area (Å²) < 4.78 is 0. The van der Waals surface area contributed by atoms with Gasteiger partial charge < -0.3 is 5.32 Å². The van der Waals surface area contributed by atoms with E-state index in [0.29, 0.717) is 33.3 Å². The molecule has 3 nitrogen and oxygen atoms in total. The minimum absolute atomic E-state index is 0.444. The average Bonchev–Trinajstić information content (AvgIpc) is 2.37. The molecule has 1 aromatic carbocycles. The van der Waals surface area contributed by atoms with Crippen molar-refractivity contribution in [3.8, 4) is 0 Å². The molecule has 0 saturated heterocycles. The van der Waals surface area contributed by atoms with Crippen molar-refractivity contribution in [2.24, 2.45) is 0 Å². The number of halogens is 3. The summed E-state index contributed by atoms with van der Waals surface area (Å²) in [5.74, 6) is 1.34. The maximum atomic E-state index is 6.12. The van der Waals surface area contributed by atoms with Crippen LogP contribution in [0.25, 0.3) is 0 Å². The Morgan fingerprint density at radius 3 is 2.53 bits per heavy atom. The average molecular weight is 317 g/mol. The molecule has 2 rings (SSSR count). The van der Waals surface area contributed by atoms with Gasteiger partial charge in [-0.15, -0.1) is 0 Å². The molecular weight excluding hydrogens is 305 g/mol. The predicted octanol–water partition coefficient (Wildman–Crippen LogP) is 5.05. The first-order chi connectivity index (χ1) is 9.01. The summed E-state index contributed by atoms with van der Waals surface area (Å²) in [5, 5.41) is 4.71. The lowest BCUT2D eigenvalue weighted by Gasteiger charge is -2.12. The summed E-state index contributed by atoms with van der Waals surface area (Å²) in [6.45, 7) is 3.83. The van der Waals surface area contributed by atoms with Crippen LogP contribution >= 0.6 is 34.8 Å². The molecule has 0 aliphatic heterocycles. The Morgan fingerprint density at radius 2 is 1.89 bits per heavy atom. The van der Waals surface area contributed by atoms with Crippen molar-refractivity contribution in [3.05, 3.63) is 44.8 Å². The molecule has 100 valence electrons. The minimum Gasteiger partial charge on any atom is -0.339 e. The van der Waals surface area contributed by atoms with Gasteiger partial charge in [-0.1, -0.05) is 41.7 Å². The van der Waals surface area contributed by atoms with Gasteiger partial charge in [0.2, 0.25) is 0 Å². The fraction of sp³-hybridized carbons (Fsp3) is 0.231. The van der Waals surface area contributed by atoms with E-state index in [0.717, 1.165) is 11.3 Å². The third-order valence-electron chi connectivity index (χ3n) is 2.63. The zero-order chi connectivity index (χ0) is 14.0. The second kappa shape index (κ2) is 5.95. The third-order valence-corrected chi connectivity index (χ3v) is 3.55. The van der Waals surface area contributed by atoms with Gasteiger partial charge >= 0.3 is 0 Å². The van der Waals surface area contributed by atoms with Crippen molar-refractivity contribution in [2.45, 2.75) is 20.3 Å². The van der Waals surface area contributed by atoms with E-state index in [-0.39, 0.29) is 0 Å². The van der Waals surface area contributed by atoms with Crippen molar-refractivity contribution < 1.29 is 0 Å². The highest BCUT2D eigenvalue weighted by Crippen LogP contribution is 2.30. The Bertz CT molecular complexity index is 614. The van der Waals surface area contributed by atoms with Crippen LogP contribution in [0.2, 0.25) is 15.2 Å². The fourth-order valence-corrected chi connectivity index (χ4v) is 2.17. The molecule has 1 N–H and O–H groups in total. The Balaban J connectivity index is 2.40. The largest absolute Gasteiger partial charge is 0.339 e. The van der Waals surface area contributed by atoms with E-state index in [4.69, 9.17) is 34.8 Å². The van der Waals surface area contributed by atoms with Gasteiger partial charge in [-0.3, -0.25) is 0 Å². The van der Waals surface area contributed by atoms with Gasteiger partial charge in [0.25, 0.3) is 0 Å². The van der Waals surface area contributed by atoms with Crippen LogP contribution in [0.4, 0.5) is 11.5 Å². The number of hydrogen-bond acceptors (Lipinski definition) is 3. The molecule has 2 aromatic rings. The number of aryl methyl sites for hydroxylation is 1. The highest BCUT2D eigenvalue weighted by atomic mass is 35.5. The molecule has 0 unspecified atom stereocenters. The standard InChI is InChI=1S/C13H12Cl3N3/c1-3-11-18-12(16)7(2)13(19-11)17-10-5-4-8(14)6-9(10)15/h4-6H,3H2,1-2H3,(H,17,18,19). The van der Waals surface area contributed by atoms with Crippen LogP contribution in [0.1, 0.15) is 18.3 Å². The third kappa shape index (κ3) is 3.30. The molecule has 19 heavy (non-hydrogen) atoms. The number of benzene rings is 1. The quantitative estimate of drug-likeness (QED) is 0.805. The van der Waals surface area contributed by atoms with Crippen molar-refractivity contribution in [2.75, 3.05) is 5.32 Å². The second-order valence-electron chi connectivity index (χ2n) is 4.01. The smallest absolute Gasteiger partial charge is 0.138 e. The first kappa shape index (κ1) is 14.4.